The van der Waals surface area contributed by atoms with Gasteiger partial charge in [0.15, 0.2) is 0 Å². The van der Waals surface area contributed by atoms with Crippen molar-refractivity contribution in [2.75, 3.05) is 38.1 Å². The number of piperazine rings is 1. The normalized spacial score (nSPS) is 14.6. The molecule has 1 aliphatic rings. The van der Waals surface area contributed by atoms with Crippen LogP contribution in [0.5, 0.6) is 0 Å². The molecule has 0 aliphatic carbocycles. The maximum Gasteiger partial charge on any atom is 0.0678 e. The van der Waals surface area contributed by atoms with Gasteiger partial charge in [-0.15, -0.1) is 0 Å². The summed E-state index contributed by atoms with van der Waals surface area (Å²) in [7, 11) is 3.67. The minimum absolute atomic E-state index is 0.185. The number of benzene rings is 4. The number of aromatic nitrogens is 6. The van der Waals surface area contributed by atoms with Gasteiger partial charge >= 0.3 is 117 Å². The third kappa shape index (κ3) is 5.67. The molecule has 8 rings (SSSR count). The molecule has 0 amide bonds. The maximum atomic E-state index is 12.9. The summed E-state index contributed by atoms with van der Waals surface area (Å²) in [6.07, 6.45) is 0. The van der Waals surface area contributed by atoms with Gasteiger partial charge in [-0.25, -0.2) is 9.97 Å². The van der Waals surface area contributed by atoms with Crippen molar-refractivity contribution in [3.05, 3.63) is 84.4 Å². The van der Waals surface area contributed by atoms with Crippen LogP contribution in [-0.2, 0) is 11.1 Å². The molecule has 1 saturated heterocycles. The Kier molecular flexibility index (Phi) is 7.23. The number of aromatic amines is 3. The smallest absolute Gasteiger partial charge is 0.0678 e. The second-order valence-corrected chi connectivity index (χ2v) is 13.1. The number of hydrogen-bond donors (Lipinski definition) is 3. The van der Waals surface area contributed by atoms with Crippen molar-refractivity contribution in [1.29, 1.82) is 0 Å². The van der Waals surface area contributed by atoms with E-state index in [1.54, 1.807) is 0 Å². The summed E-state index contributed by atoms with van der Waals surface area (Å²) in [4.78, 5) is 29.8. The van der Waals surface area contributed by atoms with E-state index in [1.807, 2.05) is 42.5 Å². The summed E-state index contributed by atoms with van der Waals surface area (Å²) >= 11 is 0. The van der Waals surface area contributed by atoms with Crippen LogP contribution < -0.4 is 4.90 Å². The van der Waals surface area contributed by atoms with Crippen LogP contribution in [0.15, 0.2) is 78.9 Å². The summed E-state index contributed by atoms with van der Waals surface area (Å²) in [5.74, 6) is 2.37. The second kappa shape index (κ2) is 11.5. The number of fused-ring (bicyclic) bond motifs is 3. The molecular formula is C33H29FN8OP2. The third-order valence-corrected chi connectivity index (χ3v) is 9.10. The number of imidazole rings is 3. The Hall–Kier alpha value is -4.33. The van der Waals surface area contributed by atoms with Crippen LogP contribution in [0.25, 0.3) is 67.3 Å². The number of nitrogens with one attached hydrogen (secondary N) is 3. The van der Waals surface area contributed by atoms with E-state index in [2.05, 4.69) is 76.5 Å². The number of hydrogen-bond acceptors (Lipinski definition) is 6. The van der Waals surface area contributed by atoms with Crippen LogP contribution in [0, 0.1) is 0 Å². The number of likely N-dealkylation sites (N-methyl/N-ethyl adjacent to an activating group) is 1. The van der Waals surface area contributed by atoms with E-state index in [-0.39, 0.29) is 6.61 Å². The van der Waals surface area contributed by atoms with E-state index in [0.29, 0.717) is 0 Å². The summed E-state index contributed by atoms with van der Waals surface area (Å²) in [6.45, 7) is 4.39. The summed E-state index contributed by atoms with van der Waals surface area (Å²) in [5, 5.41) is 0. The average Bonchev–Trinajstić information content (AvgIpc) is 3.80. The van der Waals surface area contributed by atoms with E-state index < -0.39 is 7.56 Å². The van der Waals surface area contributed by atoms with Crippen molar-refractivity contribution in [2.45, 2.75) is 6.61 Å². The Morgan fingerprint density at radius 2 is 1.18 bits per heavy atom. The third-order valence-electron chi connectivity index (χ3n) is 8.41. The molecule has 3 N–H and O–H groups in total. The Labute approximate surface area is 261 Å². The molecule has 224 valence electrons. The predicted octanol–water partition coefficient (Wildman–Crippen LogP) is 8.19. The van der Waals surface area contributed by atoms with Crippen LogP contribution in [-0.4, -0.2) is 68.0 Å². The number of rotatable bonds is 6. The maximum absolute atomic E-state index is 12.9. The molecule has 7 aromatic rings. The van der Waals surface area contributed by atoms with Crippen LogP contribution in [0.2, 0.25) is 0 Å². The fourth-order valence-corrected chi connectivity index (χ4v) is 6.30. The zero-order valence-electron chi connectivity index (χ0n) is 24.5. The van der Waals surface area contributed by atoms with E-state index >= 15 is 0 Å². The van der Waals surface area contributed by atoms with Crippen LogP contribution in [0.1, 0.15) is 5.56 Å². The molecule has 1 atom stereocenters. The monoisotopic (exact) mass is 634 g/mol. The minimum Gasteiger partial charge on any atom is -0.338 e. The van der Waals surface area contributed by atoms with Crippen molar-refractivity contribution in [2.24, 2.45) is 0 Å². The summed E-state index contributed by atoms with van der Waals surface area (Å²) in [5.41, 5.74) is 10.6. The van der Waals surface area contributed by atoms with Gasteiger partial charge in [0.25, 0.3) is 0 Å². The van der Waals surface area contributed by atoms with Crippen molar-refractivity contribution >= 4 is 54.7 Å². The topological polar surface area (TPSA) is 102 Å². The van der Waals surface area contributed by atoms with Crippen molar-refractivity contribution in [3.8, 4) is 34.2 Å². The first-order valence-electron chi connectivity index (χ1n) is 14.8. The van der Waals surface area contributed by atoms with Gasteiger partial charge in [-0.1, -0.05) is 0 Å². The molecule has 45 heavy (non-hydrogen) atoms. The van der Waals surface area contributed by atoms with Gasteiger partial charge in [0, 0.05) is 37.4 Å². The van der Waals surface area contributed by atoms with Gasteiger partial charge in [-0.3, -0.25) is 0 Å². The van der Waals surface area contributed by atoms with Gasteiger partial charge in [0.2, 0.25) is 0 Å². The van der Waals surface area contributed by atoms with Gasteiger partial charge in [0.05, 0.1) is 22.1 Å². The number of halogens is 1. The molecule has 4 aromatic carbocycles. The second-order valence-electron chi connectivity index (χ2n) is 11.4. The molecule has 0 radical (unpaired) electrons. The Balaban J connectivity index is 1.04. The number of H-pyrrole nitrogens is 3. The number of nitrogens with zero attached hydrogens (tertiary/aromatic N) is 5. The largest absolute Gasteiger partial charge is 0.338 e. The van der Waals surface area contributed by atoms with Crippen molar-refractivity contribution in [1.82, 2.24) is 34.8 Å². The molecule has 1 aliphatic heterocycles. The van der Waals surface area contributed by atoms with Crippen LogP contribution in [0.3, 0.4) is 0 Å². The molecule has 0 saturated carbocycles. The molecule has 1 fully saturated rings. The predicted molar refractivity (Wildman–Crippen MR) is 181 cm³/mol. The molecule has 0 bridgehead atoms. The van der Waals surface area contributed by atoms with E-state index in [0.717, 1.165) is 99.0 Å². The molecule has 3 aromatic heterocycles. The van der Waals surface area contributed by atoms with Crippen LogP contribution in [0.4, 0.5) is 9.88 Å². The van der Waals surface area contributed by atoms with Gasteiger partial charge < -0.3 is 19.8 Å². The standard InChI is InChI=1S/C33H29FN8OP2/c1-41-12-14-42(15-13-41)24-8-11-27-30(18-24)40-33(37-27)23-7-10-26-29(17-23)39-32(36-26)22-6-9-25-28(16-22)38-31(35-25)21-4-2-20(3-5-21)19-43-45(34)44/h2-11,16-18H,12-15,19H2,1H3,(H,35,38)(H,36,39)(H,37,40). The Bertz CT molecular complexity index is 2260. The molecular weight excluding hydrogens is 605 g/mol. The minimum atomic E-state index is -2.18. The quantitative estimate of drug-likeness (QED) is 0.160. The fraction of sp³-hybridized carbons (Fsp3) is 0.182. The van der Waals surface area contributed by atoms with Gasteiger partial charge in [-0.2, -0.15) is 0 Å². The van der Waals surface area contributed by atoms with Crippen molar-refractivity contribution in [3.63, 3.8) is 0 Å². The fourth-order valence-electron chi connectivity index (χ4n) is 5.87. The zero-order valence-corrected chi connectivity index (χ0v) is 26.2. The van der Waals surface area contributed by atoms with E-state index in [1.165, 1.54) is 5.69 Å². The van der Waals surface area contributed by atoms with E-state index in [9.17, 15) is 4.20 Å². The van der Waals surface area contributed by atoms with E-state index in [4.69, 9.17) is 19.5 Å². The number of anilines is 1. The molecule has 4 heterocycles. The van der Waals surface area contributed by atoms with Gasteiger partial charge in [0.1, 0.15) is 11.6 Å². The molecule has 1 unspecified atom stereocenters. The zero-order chi connectivity index (χ0) is 30.5. The SMILES string of the molecule is CN1CCN(c2ccc3nc(-c4ccc5nc(-c6ccc7nc(-c8ccc(COP(F)#P)cc8)[nH]c7c6)[nH]c5c4)[nH]c3c2)CC1. The molecule has 12 heteroatoms. The first kappa shape index (κ1) is 28.2. The van der Waals surface area contributed by atoms with Crippen molar-refractivity contribution < 1.29 is 8.72 Å². The molecule has 0 spiro atoms. The Morgan fingerprint density at radius 3 is 1.73 bits per heavy atom. The first-order chi connectivity index (χ1) is 21.9. The molecule has 9 nitrogen and oxygen atoms in total. The van der Waals surface area contributed by atoms with Gasteiger partial charge in [-0.05, 0) is 43.4 Å². The summed E-state index contributed by atoms with van der Waals surface area (Å²) in [6, 6.07) is 26.4. The average molecular weight is 635 g/mol. The summed E-state index contributed by atoms with van der Waals surface area (Å²) < 4.78 is 17.9. The van der Waals surface area contributed by atoms with Crippen LogP contribution >= 0.6 is 15.9 Å². The Morgan fingerprint density at radius 1 is 0.689 bits per heavy atom. The first-order valence-corrected chi connectivity index (χ1v) is 17.1.